The molecule has 0 radical (unpaired) electrons. The normalized spacial score (nSPS) is 21.8. The SMILES string of the molecule is CCOC(=O)C(N)C(=O)N1CCCC(N(C)C)C1. The Morgan fingerprint density at radius 3 is 2.72 bits per heavy atom. The van der Waals surface area contributed by atoms with Crippen molar-refractivity contribution >= 4 is 11.9 Å². The van der Waals surface area contributed by atoms with Crippen LogP contribution in [0, 0.1) is 0 Å². The summed E-state index contributed by atoms with van der Waals surface area (Å²) in [7, 11) is 3.98. The number of nitrogens with zero attached hydrogens (tertiary/aromatic N) is 2. The number of piperidine rings is 1. The van der Waals surface area contributed by atoms with Crippen LogP contribution in [0.4, 0.5) is 0 Å². The fourth-order valence-electron chi connectivity index (χ4n) is 2.11. The third kappa shape index (κ3) is 3.68. The number of amides is 1. The molecule has 1 amide bonds. The lowest BCUT2D eigenvalue weighted by Gasteiger charge is -2.36. The summed E-state index contributed by atoms with van der Waals surface area (Å²) in [5.41, 5.74) is 5.62. The highest BCUT2D eigenvalue weighted by Gasteiger charge is 2.32. The van der Waals surface area contributed by atoms with Gasteiger partial charge in [-0.3, -0.25) is 4.79 Å². The third-order valence-electron chi connectivity index (χ3n) is 3.25. The van der Waals surface area contributed by atoms with Gasteiger partial charge in [0.2, 0.25) is 0 Å². The number of likely N-dealkylation sites (N-methyl/N-ethyl adjacent to an activating group) is 1. The van der Waals surface area contributed by atoms with E-state index in [1.54, 1.807) is 11.8 Å². The standard InChI is InChI=1S/C12H23N3O3/c1-4-18-12(17)10(13)11(16)15-7-5-6-9(8-15)14(2)3/h9-10H,4-8,13H2,1-3H3. The van der Waals surface area contributed by atoms with Gasteiger partial charge in [-0.1, -0.05) is 0 Å². The van der Waals surface area contributed by atoms with E-state index in [1.807, 2.05) is 14.1 Å². The van der Waals surface area contributed by atoms with Crippen molar-refractivity contribution in [1.29, 1.82) is 0 Å². The molecule has 1 aliphatic heterocycles. The van der Waals surface area contributed by atoms with Gasteiger partial charge in [-0.05, 0) is 33.9 Å². The predicted molar refractivity (Wildman–Crippen MR) is 67.9 cm³/mol. The highest BCUT2D eigenvalue weighted by atomic mass is 16.5. The Hall–Kier alpha value is -1.14. The molecule has 6 heteroatoms. The van der Waals surface area contributed by atoms with Gasteiger partial charge in [-0.25, -0.2) is 4.79 Å². The summed E-state index contributed by atoms with van der Waals surface area (Å²) in [6, 6.07) is -0.858. The van der Waals surface area contributed by atoms with Gasteiger partial charge in [0.05, 0.1) is 6.61 Å². The molecule has 1 rings (SSSR count). The molecule has 18 heavy (non-hydrogen) atoms. The Balaban J connectivity index is 2.58. The van der Waals surface area contributed by atoms with E-state index < -0.39 is 12.0 Å². The Morgan fingerprint density at radius 1 is 1.50 bits per heavy atom. The van der Waals surface area contributed by atoms with Crippen molar-refractivity contribution in [3.05, 3.63) is 0 Å². The Kier molecular flexibility index (Phi) is 5.55. The van der Waals surface area contributed by atoms with Crippen LogP contribution in [0.15, 0.2) is 0 Å². The number of rotatable bonds is 4. The van der Waals surface area contributed by atoms with Crippen LogP contribution in [0.25, 0.3) is 0 Å². The number of likely N-dealkylation sites (tertiary alicyclic amines) is 1. The van der Waals surface area contributed by atoms with E-state index in [-0.39, 0.29) is 12.5 Å². The van der Waals surface area contributed by atoms with Gasteiger partial charge >= 0.3 is 5.97 Å². The van der Waals surface area contributed by atoms with Crippen molar-refractivity contribution < 1.29 is 14.3 Å². The first-order chi connectivity index (χ1) is 8.47. The predicted octanol–water partition coefficient (Wildman–Crippen LogP) is -0.571. The number of ether oxygens (including phenoxy) is 1. The van der Waals surface area contributed by atoms with Crippen LogP contribution in [0.5, 0.6) is 0 Å². The first-order valence-electron chi connectivity index (χ1n) is 6.34. The summed E-state index contributed by atoms with van der Waals surface area (Å²) in [6.45, 7) is 3.22. The fraction of sp³-hybridized carbons (Fsp3) is 0.833. The molecule has 1 heterocycles. The number of hydrogen-bond acceptors (Lipinski definition) is 5. The van der Waals surface area contributed by atoms with Crippen LogP contribution in [0.3, 0.4) is 0 Å². The van der Waals surface area contributed by atoms with E-state index in [4.69, 9.17) is 10.5 Å². The van der Waals surface area contributed by atoms with Crippen LogP contribution in [0.1, 0.15) is 19.8 Å². The number of carbonyl (C=O) groups is 2. The molecular formula is C12H23N3O3. The van der Waals surface area contributed by atoms with Crippen molar-refractivity contribution in [3.8, 4) is 0 Å². The molecule has 6 nitrogen and oxygen atoms in total. The first kappa shape index (κ1) is 14.9. The maximum absolute atomic E-state index is 12.1. The molecule has 1 fully saturated rings. The maximum Gasteiger partial charge on any atom is 0.332 e. The van der Waals surface area contributed by atoms with Gasteiger partial charge < -0.3 is 20.3 Å². The van der Waals surface area contributed by atoms with Crippen LogP contribution in [-0.2, 0) is 14.3 Å². The monoisotopic (exact) mass is 257 g/mol. The van der Waals surface area contributed by atoms with Crippen LogP contribution in [-0.4, -0.2) is 67.6 Å². The van der Waals surface area contributed by atoms with Crippen molar-refractivity contribution in [1.82, 2.24) is 9.80 Å². The molecule has 2 N–H and O–H groups in total. The van der Waals surface area contributed by atoms with Gasteiger partial charge in [0.25, 0.3) is 5.91 Å². The lowest BCUT2D eigenvalue weighted by Crippen LogP contribution is -2.54. The molecule has 0 aliphatic carbocycles. The summed E-state index contributed by atoms with van der Waals surface area (Å²) in [5, 5.41) is 0. The largest absolute Gasteiger partial charge is 0.464 e. The van der Waals surface area contributed by atoms with Gasteiger partial charge in [0.15, 0.2) is 6.04 Å². The fourth-order valence-corrected chi connectivity index (χ4v) is 2.11. The molecule has 0 aromatic heterocycles. The minimum absolute atomic E-state index is 0.236. The summed E-state index contributed by atoms with van der Waals surface area (Å²) < 4.78 is 4.77. The molecule has 0 saturated carbocycles. The zero-order valence-electron chi connectivity index (χ0n) is 11.4. The molecule has 0 aromatic carbocycles. The Bertz CT molecular complexity index is 307. The topological polar surface area (TPSA) is 75.9 Å². The van der Waals surface area contributed by atoms with Crippen molar-refractivity contribution in [2.24, 2.45) is 5.73 Å². The minimum Gasteiger partial charge on any atom is -0.464 e. The molecule has 2 unspecified atom stereocenters. The second-order valence-electron chi connectivity index (χ2n) is 4.77. The molecule has 1 aliphatic rings. The second-order valence-corrected chi connectivity index (χ2v) is 4.77. The quantitative estimate of drug-likeness (QED) is 0.539. The van der Waals surface area contributed by atoms with Crippen molar-refractivity contribution in [3.63, 3.8) is 0 Å². The summed E-state index contributed by atoms with van der Waals surface area (Å²) >= 11 is 0. The van der Waals surface area contributed by atoms with Crippen LogP contribution < -0.4 is 5.73 Å². The zero-order valence-corrected chi connectivity index (χ0v) is 11.4. The van der Waals surface area contributed by atoms with Crippen LogP contribution in [0.2, 0.25) is 0 Å². The van der Waals surface area contributed by atoms with Gasteiger partial charge in [0, 0.05) is 19.1 Å². The molecule has 0 bridgehead atoms. The lowest BCUT2D eigenvalue weighted by atomic mass is 10.0. The van der Waals surface area contributed by atoms with E-state index in [2.05, 4.69) is 4.90 Å². The van der Waals surface area contributed by atoms with Crippen LogP contribution >= 0.6 is 0 Å². The number of carbonyl (C=O) groups excluding carboxylic acids is 2. The highest BCUT2D eigenvalue weighted by Crippen LogP contribution is 2.14. The molecule has 0 spiro atoms. The Labute approximate surface area is 108 Å². The van der Waals surface area contributed by atoms with E-state index in [9.17, 15) is 9.59 Å². The third-order valence-corrected chi connectivity index (χ3v) is 3.25. The first-order valence-corrected chi connectivity index (χ1v) is 6.34. The molecule has 2 atom stereocenters. The summed E-state index contributed by atoms with van der Waals surface area (Å²) in [6.07, 6.45) is 2.00. The van der Waals surface area contributed by atoms with Gasteiger partial charge in [-0.15, -0.1) is 0 Å². The average molecular weight is 257 g/mol. The van der Waals surface area contributed by atoms with Gasteiger partial charge in [0.1, 0.15) is 0 Å². The zero-order chi connectivity index (χ0) is 13.7. The second kappa shape index (κ2) is 6.70. The molecular weight excluding hydrogens is 234 g/mol. The van der Waals surface area contributed by atoms with E-state index in [0.29, 0.717) is 19.1 Å². The molecule has 1 saturated heterocycles. The van der Waals surface area contributed by atoms with Crippen molar-refractivity contribution in [2.45, 2.75) is 31.8 Å². The Morgan fingerprint density at radius 2 is 2.17 bits per heavy atom. The highest BCUT2D eigenvalue weighted by molar-refractivity contribution is 6.01. The van der Waals surface area contributed by atoms with E-state index in [0.717, 1.165) is 12.8 Å². The van der Waals surface area contributed by atoms with Crippen molar-refractivity contribution in [2.75, 3.05) is 33.8 Å². The van der Waals surface area contributed by atoms with E-state index in [1.165, 1.54) is 0 Å². The summed E-state index contributed by atoms with van der Waals surface area (Å²) in [5.74, 6) is -0.977. The maximum atomic E-state index is 12.1. The molecule has 0 aromatic rings. The molecule has 104 valence electrons. The summed E-state index contributed by atoms with van der Waals surface area (Å²) in [4.78, 5) is 27.3. The average Bonchev–Trinajstić information content (AvgIpc) is 2.37. The number of nitrogens with two attached hydrogens (primary N) is 1. The number of esters is 1. The number of hydrogen-bond donors (Lipinski definition) is 1. The minimum atomic E-state index is -1.19. The lowest BCUT2D eigenvalue weighted by molar-refractivity contribution is -0.151. The smallest absolute Gasteiger partial charge is 0.332 e. The van der Waals surface area contributed by atoms with Gasteiger partial charge in [-0.2, -0.15) is 0 Å². The van der Waals surface area contributed by atoms with E-state index >= 15 is 0 Å².